The van der Waals surface area contributed by atoms with Gasteiger partial charge in [0.1, 0.15) is 17.0 Å². The number of fused-ring (bicyclic) bond motifs is 3. The van der Waals surface area contributed by atoms with E-state index < -0.39 is 0 Å². The first-order chi connectivity index (χ1) is 16.6. The summed E-state index contributed by atoms with van der Waals surface area (Å²) >= 11 is 1.63. The fraction of sp³-hybridized carbons (Fsp3) is 0.400. The van der Waals surface area contributed by atoms with Crippen molar-refractivity contribution >= 4 is 33.3 Å². The van der Waals surface area contributed by atoms with Gasteiger partial charge in [0.2, 0.25) is 5.91 Å². The van der Waals surface area contributed by atoms with E-state index in [0.717, 1.165) is 27.3 Å². The van der Waals surface area contributed by atoms with Crippen LogP contribution in [0.3, 0.4) is 0 Å². The van der Waals surface area contributed by atoms with E-state index in [1.165, 1.54) is 11.1 Å². The molecule has 1 amide bonds. The minimum absolute atomic E-state index is 0.0203. The van der Waals surface area contributed by atoms with Crippen molar-refractivity contribution < 1.29 is 15.0 Å². The quantitative estimate of drug-likeness (QED) is 0.383. The van der Waals surface area contributed by atoms with Crippen LogP contribution in [0.15, 0.2) is 48.8 Å². The molecule has 1 atom stereocenters. The van der Waals surface area contributed by atoms with Crippen LogP contribution in [-0.4, -0.2) is 75.3 Å². The summed E-state index contributed by atoms with van der Waals surface area (Å²) in [6.07, 6.45) is 5.75. The Morgan fingerprint density at radius 2 is 2.00 bits per heavy atom. The highest BCUT2D eigenvalue weighted by Crippen LogP contribution is 2.38. The van der Waals surface area contributed by atoms with Crippen LogP contribution in [0.25, 0.3) is 10.2 Å². The fourth-order valence-corrected chi connectivity index (χ4v) is 5.44. The number of benzene rings is 1. The maximum atomic E-state index is 12.8. The summed E-state index contributed by atoms with van der Waals surface area (Å²) in [7, 11) is 0. The second-order valence-corrected chi connectivity index (χ2v) is 9.43. The first kappa shape index (κ1) is 24.3. The molecule has 0 spiro atoms. The highest BCUT2D eigenvalue weighted by molar-refractivity contribution is 7.19. The number of thiophene rings is 1. The molecular weight excluding hydrogens is 450 g/mol. The fourth-order valence-electron chi connectivity index (χ4n) is 4.24. The minimum Gasteiger partial charge on any atom is -0.395 e. The van der Waals surface area contributed by atoms with E-state index in [4.69, 9.17) is 10.2 Å². The van der Waals surface area contributed by atoms with Gasteiger partial charge in [0.05, 0.1) is 25.1 Å². The van der Waals surface area contributed by atoms with Gasteiger partial charge in [-0.2, -0.15) is 0 Å². The summed E-state index contributed by atoms with van der Waals surface area (Å²) in [6.45, 7) is 4.81. The molecule has 34 heavy (non-hydrogen) atoms. The number of nitrogens with one attached hydrogen (secondary N) is 1. The standard InChI is InChI=1S/C25H31N5O3S/c1-18(19-6-3-2-4-7-19)28-24-23-20-9-11-30(16-21(20)34-25(23)27-17-26-24)22(33)8-5-10-29(12-14-31)13-15-32/h2-8,17-18,31-32H,9-16H2,1H3,(H,26,27,28)/b8-5+/t18-/m1/s1. The van der Waals surface area contributed by atoms with Crippen molar-refractivity contribution in [3.8, 4) is 0 Å². The van der Waals surface area contributed by atoms with Gasteiger partial charge in [-0.3, -0.25) is 9.69 Å². The van der Waals surface area contributed by atoms with Crippen molar-refractivity contribution in [3.05, 3.63) is 64.8 Å². The first-order valence-electron chi connectivity index (χ1n) is 11.6. The van der Waals surface area contributed by atoms with Gasteiger partial charge in [-0.25, -0.2) is 9.97 Å². The normalized spacial score (nSPS) is 14.6. The predicted octanol–water partition coefficient (Wildman–Crippen LogP) is 2.59. The molecular formula is C25H31N5O3S. The Morgan fingerprint density at radius 3 is 2.74 bits per heavy atom. The van der Waals surface area contributed by atoms with Crippen LogP contribution < -0.4 is 5.32 Å². The molecule has 0 radical (unpaired) electrons. The van der Waals surface area contributed by atoms with Gasteiger partial charge in [0.25, 0.3) is 0 Å². The Hall–Kier alpha value is -2.85. The molecule has 8 nitrogen and oxygen atoms in total. The largest absolute Gasteiger partial charge is 0.395 e. The molecule has 180 valence electrons. The molecule has 0 fully saturated rings. The average Bonchev–Trinajstić information content (AvgIpc) is 3.23. The van der Waals surface area contributed by atoms with Crippen molar-refractivity contribution in [2.45, 2.75) is 25.9 Å². The molecule has 3 aromatic rings. The van der Waals surface area contributed by atoms with Gasteiger partial charge < -0.3 is 20.4 Å². The Labute approximate surface area is 203 Å². The number of carbonyl (C=O) groups is 1. The molecule has 1 aliphatic rings. The number of carbonyl (C=O) groups excluding carboxylic acids is 1. The Balaban J connectivity index is 1.46. The summed E-state index contributed by atoms with van der Waals surface area (Å²) in [6, 6.07) is 10.4. The lowest BCUT2D eigenvalue weighted by Gasteiger charge is -2.26. The molecule has 2 aromatic heterocycles. The summed E-state index contributed by atoms with van der Waals surface area (Å²) in [5.74, 6) is 0.810. The number of rotatable bonds is 10. The number of aliphatic hydroxyl groups excluding tert-OH is 2. The van der Waals surface area contributed by atoms with E-state index in [2.05, 4.69) is 34.3 Å². The molecule has 0 bridgehead atoms. The summed E-state index contributed by atoms with van der Waals surface area (Å²) in [5.41, 5.74) is 2.42. The Morgan fingerprint density at radius 1 is 1.24 bits per heavy atom. The van der Waals surface area contributed by atoms with E-state index in [9.17, 15) is 4.79 Å². The van der Waals surface area contributed by atoms with Crippen molar-refractivity contribution in [1.29, 1.82) is 0 Å². The molecule has 3 N–H and O–H groups in total. The van der Waals surface area contributed by atoms with Crippen LogP contribution in [0.2, 0.25) is 0 Å². The summed E-state index contributed by atoms with van der Waals surface area (Å²) in [5, 5.41) is 22.9. The highest BCUT2D eigenvalue weighted by Gasteiger charge is 2.26. The van der Waals surface area contributed by atoms with Crippen molar-refractivity contribution in [2.75, 3.05) is 44.7 Å². The number of hydrogen-bond acceptors (Lipinski definition) is 8. The zero-order valence-electron chi connectivity index (χ0n) is 19.4. The minimum atomic E-state index is -0.0295. The predicted molar refractivity (Wildman–Crippen MR) is 135 cm³/mol. The van der Waals surface area contributed by atoms with Gasteiger partial charge in [0, 0.05) is 43.2 Å². The first-order valence-corrected chi connectivity index (χ1v) is 12.4. The molecule has 1 aliphatic heterocycles. The van der Waals surface area contributed by atoms with Gasteiger partial charge in [-0.15, -0.1) is 11.3 Å². The van der Waals surface area contributed by atoms with Crippen molar-refractivity contribution in [1.82, 2.24) is 19.8 Å². The molecule has 0 saturated carbocycles. The lowest BCUT2D eigenvalue weighted by atomic mass is 10.0. The second kappa shape index (κ2) is 11.5. The highest BCUT2D eigenvalue weighted by atomic mass is 32.1. The molecule has 0 aliphatic carbocycles. The van der Waals surface area contributed by atoms with Crippen molar-refractivity contribution in [3.63, 3.8) is 0 Å². The van der Waals surface area contributed by atoms with Crippen LogP contribution >= 0.6 is 11.3 Å². The molecule has 0 saturated heterocycles. The molecule has 0 unspecified atom stereocenters. The maximum absolute atomic E-state index is 12.8. The van der Waals surface area contributed by atoms with Crippen molar-refractivity contribution in [2.24, 2.45) is 0 Å². The number of aliphatic hydroxyl groups is 2. The van der Waals surface area contributed by atoms with Crippen LogP contribution in [0.4, 0.5) is 5.82 Å². The third-order valence-electron chi connectivity index (χ3n) is 6.06. The molecule has 9 heteroatoms. The average molecular weight is 482 g/mol. The van der Waals surface area contributed by atoms with Gasteiger partial charge in [-0.05, 0) is 24.5 Å². The Kier molecular flexibility index (Phi) is 8.23. The third kappa shape index (κ3) is 5.61. The second-order valence-electron chi connectivity index (χ2n) is 8.34. The smallest absolute Gasteiger partial charge is 0.246 e. The molecule has 4 rings (SSSR count). The van der Waals surface area contributed by atoms with E-state index in [-0.39, 0.29) is 25.2 Å². The van der Waals surface area contributed by atoms with Gasteiger partial charge >= 0.3 is 0 Å². The van der Waals surface area contributed by atoms with Crippen LogP contribution in [0, 0.1) is 0 Å². The van der Waals surface area contributed by atoms with Gasteiger partial charge in [0.15, 0.2) is 0 Å². The van der Waals surface area contributed by atoms with E-state index >= 15 is 0 Å². The van der Waals surface area contributed by atoms with Gasteiger partial charge in [-0.1, -0.05) is 36.4 Å². The molecule has 1 aromatic carbocycles. The number of anilines is 1. The van der Waals surface area contributed by atoms with Crippen LogP contribution in [-0.2, 0) is 17.8 Å². The lowest BCUT2D eigenvalue weighted by molar-refractivity contribution is -0.126. The third-order valence-corrected chi connectivity index (χ3v) is 7.18. The van der Waals surface area contributed by atoms with E-state index in [1.807, 2.05) is 28.0 Å². The molecule has 3 heterocycles. The zero-order valence-corrected chi connectivity index (χ0v) is 20.2. The van der Waals surface area contributed by atoms with Crippen LogP contribution in [0.5, 0.6) is 0 Å². The lowest BCUT2D eigenvalue weighted by Crippen LogP contribution is -2.34. The Bertz CT molecular complexity index is 1130. The monoisotopic (exact) mass is 481 g/mol. The summed E-state index contributed by atoms with van der Waals surface area (Å²) in [4.78, 5) is 27.7. The van der Waals surface area contributed by atoms with E-state index in [0.29, 0.717) is 32.7 Å². The van der Waals surface area contributed by atoms with Crippen LogP contribution in [0.1, 0.15) is 29.0 Å². The topological polar surface area (TPSA) is 102 Å². The summed E-state index contributed by atoms with van der Waals surface area (Å²) < 4.78 is 0. The van der Waals surface area contributed by atoms with E-state index in [1.54, 1.807) is 29.8 Å². The maximum Gasteiger partial charge on any atom is 0.246 e. The number of nitrogens with zero attached hydrogens (tertiary/aromatic N) is 4. The number of aromatic nitrogens is 2. The SMILES string of the molecule is C[C@@H](Nc1ncnc2sc3c(c12)CCN(C(=O)/C=C/CN(CCO)CCO)C3)c1ccccc1. The zero-order chi connectivity index (χ0) is 23.9. The number of amides is 1. The number of hydrogen-bond donors (Lipinski definition) is 3.